The van der Waals surface area contributed by atoms with E-state index in [4.69, 9.17) is 9.16 Å². The first-order valence-corrected chi connectivity index (χ1v) is 11.0. The van der Waals surface area contributed by atoms with Crippen molar-refractivity contribution in [3.05, 3.63) is 11.6 Å². The lowest BCUT2D eigenvalue weighted by Crippen LogP contribution is -2.56. The Morgan fingerprint density at radius 3 is 2.38 bits per heavy atom. The van der Waals surface area contributed by atoms with Gasteiger partial charge >= 0.3 is 5.97 Å². The van der Waals surface area contributed by atoms with Crippen LogP contribution in [0.25, 0.3) is 0 Å². The van der Waals surface area contributed by atoms with E-state index in [1.807, 2.05) is 13.0 Å². The van der Waals surface area contributed by atoms with E-state index < -0.39 is 8.32 Å². The van der Waals surface area contributed by atoms with Crippen molar-refractivity contribution in [1.29, 1.82) is 0 Å². The molecule has 120 valence electrons. The predicted molar refractivity (Wildman–Crippen MR) is 87.7 cm³/mol. The molecule has 2 rings (SSSR count). The molecule has 0 amide bonds. The molecule has 1 aliphatic carbocycles. The van der Waals surface area contributed by atoms with Crippen LogP contribution >= 0.6 is 0 Å². The zero-order valence-electron chi connectivity index (χ0n) is 14.6. The summed E-state index contributed by atoms with van der Waals surface area (Å²) in [7, 11) is -1.92. The van der Waals surface area contributed by atoms with Crippen molar-refractivity contribution in [2.24, 2.45) is 5.92 Å². The Balaban J connectivity index is 2.34. The fourth-order valence-electron chi connectivity index (χ4n) is 3.21. The molecule has 0 saturated heterocycles. The van der Waals surface area contributed by atoms with Crippen LogP contribution in [0.4, 0.5) is 0 Å². The molecule has 3 atom stereocenters. The first-order chi connectivity index (χ1) is 9.49. The van der Waals surface area contributed by atoms with Crippen molar-refractivity contribution >= 4 is 14.3 Å². The van der Waals surface area contributed by atoms with Gasteiger partial charge < -0.3 is 9.16 Å². The quantitative estimate of drug-likeness (QED) is 0.571. The van der Waals surface area contributed by atoms with Crippen LogP contribution in [0.1, 0.15) is 53.9 Å². The molecule has 2 aliphatic rings. The topological polar surface area (TPSA) is 35.5 Å². The van der Waals surface area contributed by atoms with E-state index in [-0.39, 0.29) is 22.7 Å². The molecule has 1 fully saturated rings. The molecular formula is C17H30O3Si. The highest BCUT2D eigenvalue weighted by Crippen LogP contribution is 2.49. The van der Waals surface area contributed by atoms with E-state index in [2.05, 4.69) is 40.8 Å². The fraction of sp³-hybridized carbons (Fsp3) is 0.824. The Kier molecular flexibility index (Phi) is 4.18. The second-order valence-corrected chi connectivity index (χ2v) is 13.0. The monoisotopic (exact) mass is 310 g/mol. The number of carbonyl (C=O) groups is 1. The zero-order valence-corrected chi connectivity index (χ0v) is 15.6. The number of ether oxygens (including phenoxy) is 1. The van der Waals surface area contributed by atoms with Crippen molar-refractivity contribution in [2.75, 3.05) is 0 Å². The molecule has 4 heteroatoms. The van der Waals surface area contributed by atoms with Crippen molar-refractivity contribution in [3.8, 4) is 0 Å². The van der Waals surface area contributed by atoms with Crippen LogP contribution in [-0.2, 0) is 14.0 Å². The lowest BCUT2D eigenvalue weighted by molar-refractivity contribution is -0.151. The van der Waals surface area contributed by atoms with Crippen LogP contribution in [0, 0.1) is 5.92 Å². The van der Waals surface area contributed by atoms with E-state index in [9.17, 15) is 4.79 Å². The van der Waals surface area contributed by atoms with Crippen LogP contribution in [0.2, 0.25) is 18.1 Å². The van der Waals surface area contributed by atoms with Gasteiger partial charge in [-0.3, -0.25) is 0 Å². The molecule has 0 radical (unpaired) electrons. The number of hydrogen-bond donors (Lipinski definition) is 0. The molecule has 0 aromatic carbocycles. The smallest absolute Gasteiger partial charge is 0.334 e. The number of cyclic esters (lactones) is 1. The van der Waals surface area contributed by atoms with Gasteiger partial charge in [0, 0.05) is 5.57 Å². The van der Waals surface area contributed by atoms with E-state index in [0.717, 1.165) is 24.8 Å². The van der Waals surface area contributed by atoms with Gasteiger partial charge in [-0.1, -0.05) is 34.1 Å². The largest absolute Gasteiger partial charge is 0.452 e. The number of rotatable bonds is 3. The number of hydrogen-bond acceptors (Lipinski definition) is 3. The molecule has 0 bridgehead atoms. The maximum atomic E-state index is 11.8. The van der Waals surface area contributed by atoms with Gasteiger partial charge in [-0.15, -0.1) is 0 Å². The van der Waals surface area contributed by atoms with Crippen LogP contribution in [0.5, 0.6) is 0 Å². The second-order valence-electron chi connectivity index (χ2n) is 8.29. The van der Waals surface area contributed by atoms with Gasteiger partial charge in [0.1, 0.15) is 6.10 Å². The van der Waals surface area contributed by atoms with Crippen LogP contribution in [0.15, 0.2) is 11.6 Å². The average Bonchev–Trinajstić information content (AvgIpc) is 2.84. The van der Waals surface area contributed by atoms with Gasteiger partial charge in [-0.25, -0.2) is 4.79 Å². The lowest BCUT2D eigenvalue weighted by atomic mass is 9.86. The summed E-state index contributed by atoms with van der Waals surface area (Å²) in [5, 5.41) is 0.156. The Morgan fingerprint density at radius 1 is 1.38 bits per heavy atom. The van der Waals surface area contributed by atoms with Gasteiger partial charge in [0.25, 0.3) is 0 Å². The standard InChI is InChI=1S/C17H30O3Si/c1-12-11-14(19-15(12)18)17(10-8-9-13(17)2)20-21(6,7)16(3,4)5/h11,13-14H,8-10H2,1-7H3. The van der Waals surface area contributed by atoms with Crippen molar-refractivity contribution in [1.82, 2.24) is 0 Å². The highest BCUT2D eigenvalue weighted by molar-refractivity contribution is 6.74. The predicted octanol–water partition coefficient (Wildman–Crippen LogP) is 4.44. The van der Waals surface area contributed by atoms with Gasteiger partial charge in [0.15, 0.2) is 8.32 Å². The summed E-state index contributed by atoms with van der Waals surface area (Å²) in [6, 6.07) is 0. The molecule has 1 heterocycles. The van der Waals surface area contributed by atoms with Gasteiger partial charge in [0.2, 0.25) is 0 Å². The summed E-state index contributed by atoms with van der Waals surface area (Å²) in [6.45, 7) is 15.4. The highest BCUT2D eigenvalue weighted by atomic mass is 28.4. The third-order valence-corrected chi connectivity index (χ3v) is 10.2. The average molecular weight is 311 g/mol. The van der Waals surface area contributed by atoms with E-state index in [1.54, 1.807) is 0 Å². The summed E-state index contributed by atoms with van der Waals surface area (Å²) in [5.74, 6) is 0.240. The van der Waals surface area contributed by atoms with Crippen molar-refractivity contribution in [2.45, 2.75) is 83.7 Å². The maximum absolute atomic E-state index is 11.8. The van der Waals surface area contributed by atoms with E-state index in [0.29, 0.717) is 5.92 Å². The normalized spacial score (nSPS) is 34.0. The lowest BCUT2D eigenvalue weighted by Gasteiger charge is -2.47. The van der Waals surface area contributed by atoms with Crippen LogP contribution in [0.3, 0.4) is 0 Å². The van der Waals surface area contributed by atoms with Gasteiger partial charge in [-0.05, 0) is 49.9 Å². The third kappa shape index (κ3) is 2.85. The van der Waals surface area contributed by atoms with Crippen LogP contribution < -0.4 is 0 Å². The molecule has 3 unspecified atom stereocenters. The summed E-state index contributed by atoms with van der Waals surface area (Å²) in [5.41, 5.74) is 0.397. The highest BCUT2D eigenvalue weighted by Gasteiger charge is 2.55. The Labute approximate surface area is 130 Å². The van der Waals surface area contributed by atoms with Gasteiger partial charge in [-0.2, -0.15) is 0 Å². The summed E-state index contributed by atoms with van der Waals surface area (Å²) in [6.07, 6.45) is 5.06. The molecular weight excluding hydrogens is 280 g/mol. The molecule has 21 heavy (non-hydrogen) atoms. The summed E-state index contributed by atoms with van der Waals surface area (Å²) in [4.78, 5) is 11.8. The summed E-state index contributed by atoms with van der Waals surface area (Å²) >= 11 is 0. The Bertz CT molecular complexity index is 461. The third-order valence-electron chi connectivity index (χ3n) is 5.73. The molecule has 0 aromatic rings. The number of carbonyl (C=O) groups excluding carboxylic acids is 1. The van der Waals surface area contributed by atoms with Crippen LogP contribution in [-0.4, -0.2) is 26.0 Å². The Hall–Kier alpha value is -0.613. The van der Waals surface area contributed by atoms with E-state index >= 15 is 0 Å². The second kappa shape index (κ2) is 5.23. The SMILES string of the molecule is CC1=CC(C2(O[Si](C)(C)C(C)(C)C)CCCC2C)OC1=O. The minimum absolute atomic E-state index is 0.156. The summed E-state index contributed by atoms with van der Waals surface area (Å²) < 4.78 is 12.5. The molecule has 0 N–H and O–H groups in total. The zero-order chi connectivity index (χ0) is 16.1. The fourth-order valence-corrected chi connectivity index (χ4v) is 4.89. The molecule has 3 nitrogen and oxygen atoms in total. The molecule has 0 aromatic heterocycles. The molecule has 1 saturated carbocycles. The Morgan fingerprint density at radius 2 is 2.00 bits per heavy atom. The first kappa shape index (κ1) is 16.8. The number of esters is 1. The minimum Gasteiger partial charge on any atom is -0.452 e. The van der Waals surface area contributed by atoms with E-state index in [1.165, 1.54) is 0 Å². The van der Waals surface area contributed by atoms with Crippen molar-refractivity contribution < 1.29 is 14.0 Å². The molecule has 0 spiro atoms. The van der Waals surface area contributed by atoms with Gasteiger partial charge in [0.05, 0.1) is 5.60 Å². The molecule has 1 aliphatic heterocycles. The first-order valence-electron chi connectivity index (χ1n) is 8.09. The maximum Gasteiger partial charge on any atom is 0.334 e. The van der Waals surface area contributed by atoms with Crippen molar-refractivity contribution in [3.63, 3.8) is 0 Å². The minimum atomic E-state index is -1.92.